The van der Waals surface area contributed by atoms with Crippen molar-refractivity contribution in [2.24, 2.45) is 0 Å². The molecule has 2 aromatic carbocycles. The number of carbonyl (C=O) groups excluding carboxylic acids is 1. The van der Waals surface area contributed by atoms with Crippen LogP contribution in [0.15, 0.2) is 53.9 Å². The standard InChI is InChI=1S/C22H19N5O2S/c1-29-17-10-6-15(7-11-17)22-24-18(12-30-22)21(28)23-16-8-4-14(5-9-16)20-25-19(26-27-20)13-2-3-13/h4-13H,2-3H2,1H3,(H,23,28)(H,25,26,27). The Morgan fingerprint density at radius 2 is 1.80 bits per heavy atom. The fraction of sp³-hybridized carbons (Fsp3) is 0.182. The van der Waals surface area contributed by atoms with Crippen LogP contribution in [0.25, 0.3) is 22.0 Å². The highest BCUT2D eigenvalue weighted by Gasteiger charge is 2.27. The average molecular weight is 417 g/mol. The Kier molecular flexibility index (Phi) is 4.76. The van der Waals surface area contributed by atoms with E-state index in [1.54, 1.807) is 12.5 Å². The van der Waals surface area contributed by atoms with Crippen LogP contribution in [-0.4, -0.2) is 33.2 Å². The molecule has 0 unspecified atom stereocenters. The van der Waals surface area contributed by atoms with Crippen LogP contribution in [0.5, 0.6) is 5.75 Å². The molecule has 4 aromatic rings. The Labute approximate surface area is 177 Å². The number of methoxy groups -OCH3 is 1. The van der Waals surface area contributed by atoms with E-state index in [4.69, 9.17) is 4.74 Å². The zero-order chi connectivity index (χ0) is 20.5. The third-order valence-corrected chi connectivity index (χ3v) is 5.83. The number of benzene rings is 2. The number of thiazole rings is 1. The largest absolute Gasteiger partial charge is 0.497 e. The van der Waals surface area contributed by atoms with E-state index in [9.17, 15) is 4.79 Å². The van der Waals surface area contributed by atoms with Crippen LogP contribution >= 0.6 is 11.3 Å². The number of rotatable bonds is 6. The molecule has 1 fully saturated rings. The minimum Gasteiger partial charge on any atom is -0.497 e. The highest BCUT2D eigenvalue weighted by atomic mass is 32.1. The molecule has 5 rings (SSSR count). The number of hydrogen-bond acceptors (Lipinski definition) is 6. The number of anilines is 1. The molecule has 0 spiro atoms. The van der Waals surface area contributed by atoms with E-state index in [1.807, 2.05) is 48.5 Å². The van der Waals surface area contributed by atoms with Gasteiger partial charge in [0, 0.05) is 28.1 Å². The molecule has 1 amide bonds. The number of nitrogens with one attached hydrogen (secondary N) is 2. The molecular weight excluding hydrogens is 398 g/mol. The highest BCUT2D eigenvalue weighted by molar-refractivity contribution is 7.13. The van der Waals surface area contributed by atoms with E-state index >= 15 is 0 Å². The smallest absolute Gasteiger partial charge is 0.275 e. The van der Waals surface area contributed by atoms with Crippen LogP contribution < -0.4 is 10.1 Å². The molecular formula is C22H19N5O2S. The second kappa shape index (κ2) is 7.72. The van der Waals surface area contributed by atoms with Gasteiger partial charge >= 0.3 is 0 Å². The summed E-state index contributed by atoms with van der Waals surface area (Å²) in [5, 5.41) is 12.7. The van der Waals surface area contributed by atoms with Gasteiger partial charge in [0.05, 0.1) is 7.11 Å². The van der Waals surface area contributed by atoms with Crippen molar-refractivity contribution in [1.29, 1.82) is 0 Å². The van der Waals surface area contributed by atoms with Crippen molar-refractivity contribution in [1.82, 2.24) is 20.2 Å². The summed E-state index contributed by atoms with van der Waals surface area (Å²) in [5.41, 5.74) is 2.94. The first kappa shape index (κ1) is 18.5. The molecule has 2 aromatic heterocycles. The number of hydrogen-bond donors (Lipinski definition) is 2. The summed E-state index contributed by atoms with van der Waals surface area (Å²) in [5.74, 6) is 2.71. The number of nitrogens with zero attached hydrogens (tertiary/aromatic N) is 3. The molecule has 30 heavy (non-hydrogen) atoms. The summed E-state index contributed by atoms with van der Waals surface area (Å²) in [4.78, 5) is 21.6. The molecule has 8 heteroatoms. The van der Waals surface area contributed by atoms with Crippen LogP contribution in [-0.2, 0) is 0 Å². The summed E-state index contributed by atoms with van der Waals surface area (Å²) in [6.45, 7) is 0. The predicted molar refractivity (Wildman–Crippen MR) is 116 cm³/mol. The predicted octanol–water partition coefficient (Wildman–Crippen LogP) is 4.73. The quantitative estimate of drug-likeness (QED) is 0.473. The Balaban J connectivity index is 1.26. The van der Waals surface area contributed by atoms with Crippen LogP contribution in [0, 0.1) is 0 Å². The first-order chi connectivity index (χ1) is 14.7. The Bertz CT molecular complexity index is 1180. The van der Waals surface area contributed by atoms with Crippen LogP contribution in [0.4, 0.5) is 5.69 Å². The molecule has 2 heterocycles. The van der Waals surface area contributed by atoms with Crippen LogP contribution in [0.2, 0.25) is 0 Å². The fourth-order valence-corrected chi connectivity index (χ4v) is 3.89. The molecule has 0 radical (unpaired) electrons. The van der Waals surface area contributed by atoms with Gasteiger partial charge in [0.2, 0.25) is 0 Å². The Morgan fingerprint density at radius 3 is 2.50 bits per heavy atom. The SMILES string of the molecule is COc1ccc(-c2nc(C(=O)Nc3ccc(-c4n[nH]c(C5CC5)n4)cc3)cs2)cc1. The van der Waals surface area contributed by atoms with Crippen molar-refractivity contribution in [3.05, 3.63) is 65.4 Å². The zero-order valence-corrected chi connectivity index (χ0v) is 17.1. The van der Waals surface area contributed by atoms with Gasteiger partial charge in [0.15, 0.2) is 5.82 Å². The van der Waals surface area contributed by atoms with Gasteiger partial charge in [-0.3, -0.25) is 9.89 Å². The van der Waals surface area contributed by atoms with E-state index in [1.165, 1.54) is 24.2 Å². The fourth-order valence-electron chi connectivity index (χ4n) is 3.08. The lowest BCUT2D eigenvalue weighted by atomic mass is 10.2. The van der Waals surface area contributed by atoms with Crippen molar-refractivity contribution in [3.63, 3.8) is 0 Å². The number of ether oxygens (including phenoxy) is 1. The zero-order valence-electron chi connectivity index (χ0n) is 16.3. The second-order valence-corrected chi connectivity index (χ2v) is 7.97. The van der Waals surface area contributed by atoms with E-state index in [0.717, 1.165) is 27.7 Å². The Morgan fingerprint density at radius 1 is 1.07 bits per heavy atom. The summed E-state index contributed by atoms with van der Waals surface area (Å²) >= 11 is 1.43. The monoisotopic (exact) mass is 417 g/mol. The normalized spacial score (nSPS) is 13.2. The van der Waals surface area contributed by atoms with Gasteiger partial charge in [0.1, 0.15) is 22.3 Å². The maximum absolute atomic E-state index is 12.6. The minimum atomic E-state index is -0.243. The number of aromatic amines is 1. The van der Waals surface area contributed by atoms with E-state index in [2.05, 4.69) is 25.5 Å². The lowest BCUT2D eigenvalue weighted by Crippen LogP contribution is -2.12. The first-order valence-corrected chi connectivity index (χ1v) is 10.5. The molecule has 7 nitrogen and oxygen atoms in total. The van der Waals surface area contributed by atoms with Crippen molar-refractivity contribution < 1.29 is 9.53 Å². The summed E-state index contributed by atoms with van der Waals surface area (Å²) in [6, 6.07) is 15.1. The van der Waals surface area contributed by atoms with Crippen LogP contribution in [0.3, 0.4) is 0 Å². The lowest BCUT2D eigenvalue weighted by Gasteiger charge is -2.04. The molecule has 0 aliphatic heterocycles. The number of carbonyl (C=O) groups is 1. The summed E-state index contributed by atoms with van der Waals surface area (Å²) < 4.78 is 5.18. The van der Waals surface area contributed by atoms with Gasteiger partial charge in [-0.05, 0) is 61.4 Å². The molecule has 1 aliphatic carbocycles. The number of aromatic nitrogens is 4. The summed E-state index contributed by atoms with van der Waals surface area (Å²) in [7, 11) is 1.63. The van der Waals surface area contributed by atoms with Crippen molar-refractivity contribution in [3.8, 4) is 27.7 Å². The van der Waals surface area contributed by atoms with Crippen molar-refractivity contribution in [2.75, 3.05) is 12.4 Å². The molecule has 1 aliphatic rings. The number of amides is 1. The van der Waals surface area contributed by atoms with E-state index < -0.39 is 0 Å². The molecule has 0 atom stereocenters. The van der Waals surface area contributed by atoms with E-state index in [-0.39, 0.29) is 5.91 Å². The maximum atomic E-state index is 12.6. The van der Waals surface area contributed by atoms with Gasteiger partial charge in [-0.15, -0.1) is 11.3 Å². The maximum Gasteiger partial charge on any atom is 0.275 e. The Hall–Kier alpha value is -3.52. The van der Waals surface area contributed by atoms with Gasteiger partial charge in [-0.2, -0.15) is 5.10 Å². The third kappa shape index (κ3) is 3.81. The van der Waals surface area contributed by atoms with Gasteiger partial charge in [0.25, 0.3) is 5.91 Å². The topological polar surface area (TPSA) is 92.8 Å². The van der Waals surface area contributed by atoms with E-state index in [0.29, 0.717) is 23.1 Å². The van der Waals surface area contributed by atoms with Gasteiger partial charge in [-0.25, -0.2) is 9.97 Å². The molecule has 150 valence electrons. The lowest BCUT2D eigenvalue weighted by molar-refractivity contribution is 0.102. The number of H-pyrrole nitrogens is 1. The highest BCUT2D eigenvalue weighted by Crippen LogP contribution is 2.38. The molecule has 0 saturated heterocycles. The van der Waals surface area contributed by atoms with Gasteiger partial charge in [-0.1, -0.05) is 0 Å². The molecule has 1 saturated carbocycles. The van der Waals surface area contributed by atoms with Crippen molar-refractivity contribution >= 4 is 22.9 Å². The molecule has 0 bridgehead atoms. The minimum absolute atomic E-state index is 0.243. The van der Waals surface area contributed by atoms with Crippen LogP contribution in [0.1, 0.15) is 35.1 Å². The molecule has 2 N–H and O–H groups in total. The third-order valence-electron chi connectivity index (χ3n) is 4.94. The second-order valence-electron chi connectivity index (χ2n) is 7.12. The van der Waals surface area contributed by atoms with Crippen molar-refractivity contribution in [2.45, 2.75) is 18.8 Å². The van der Waals surface area contributed by atoms with Gasteiger partial charge < -0.3 is 10.1 Å². The first-order valence-electron chi connectivity index (χ1n) is 9.63. The average Bonchev–Trinajstić information content (AvgIpc) is 3.31. The summed E-state index contributed by atoms with van der Waals surface area (Å²) in [6.07, 6.45) is 2.35.